The molecule has 6 heteroatoms. The molecule has 0 spiro atoms. The summed E-state index contributed by atoms with van der Waals surface area (Å²) in [4.78, 5) is 38.0. The molecule has 0 aromatic heterocycles. The normalized spacial score (nSPS) is 14.4. The summed E-state index contributed by atoms with van der Waals surface area (Å²) in [6.45, 7) is 2.55. The van der Waals surface area contributed by atoms with E-state index in [-0.39, 0.29) is 30.1 Å². The van der Waals surface area contributed by atoms with Crippen LogP contribution in [-0.2, 0) is 9.59 Å². The number of piperidine rings is 1. The minimum atomic E-state index is -0.153. The number of nitrogens with zero attached hydrogens (tertiary/aromatic N) is 1. The van der Waals surface area contributed by atoms with E-state index >= 15 is 0 Å². The number of likely N-dealkylation sites (tertiary alicyclic amines) is 1. The first-order valence-corrected chi connectivity index (χ1v) is 9.40. The van der Waals surface area contributed by atoms with Crippen LogP contribution in [0.25, 0.3) is 0 Å². The highest BCUT2D eigenvalue weighted by Crippen LogP contribution is 2.20. The average molecular weight is 380 g/mol. The van der Waals surface area contributed by atoms with Gasteiger partial charge in [-0.2, -0.15) is 0 Å². The topological polar surface area (TPSA) is 75.7 Å². The number of hydrogen-bond donors (Lipinski definition) is 1. The van der Waals surface area contributed by atoms with E-state index in [2.05, 4.69) is 5.32 Å². The van der Waals surface area contributed by atoms with E-state index in [1.54, 1.807) is 29.2 Å². The van der Waals surface area contributed by atoms with E-state index < -0.39 is 0 Å². The van der Waals surface area contributed by atoms with Gasteiger partial charge in [0.15, 0.2) is 12.4 Å². The SMILES string of the molecule is CC(=O)c1cccc(NC(=O)C2CCN(C(=O)COc3ccccc3)CC2)c1. The standard InChI is InChI=1S/C22H24N2O4/c1-16(25)18-6-5-7-19(14-18)23-22(27)17-10-12-24(13-11-17)21(26)15-28-20-8-3-2-4-9-20/h2-9,14,17H,10-13,15H2,1H3,(H,23,27). The summed E-state index contributed by atoms with van der Waals surface area (Å²) >= 11 is 0. The fourth-order valence-electron chi connectivity index (χ4n) is 3.20. The average Bonchev–Trinajstić information content (AvgIpc) is 2.73. The van der Waals surface area contributed by atoms with Crippen molar-refractivity contribution in [1.82, 2.24) is 4.90 Å². The Morgan fingerprint density at radius 1 is 1.04 bits per heavy atom. The molecule has 0 atom stereocenters. The summed E-state index contributed by atoms with van der Waals surface area (Å²) in [6, 6.07) is 16.1. The smallest absolute Gasteiger partial charge is 0.260 e. The maximum atomic E-state index is 12.5. The molecule has 3 rings (SSSR count). The molecule has 0 radical (unpaired) electrons. The first kappa shape index (κ1) is 19.6. The number of Topliss-reactive ketones (excluding diaryl/α,β-unsaturated/α-hetero) is 1. The molecular weight excluding hydrogens is 356 g/mol. The fraction of sp³-hybridized carbons (Fsp3) is 0.318. The molecule has 6 nitrogen and oxygen atoms in total. The molecule has 0 unspecified atom stereocenters. The largest absolute Gasteiger partial charge is 0.484 e. The Morgan fingerprint density at radius 3 is 2.43 bits per heavy atom. The van der Waals surface area contributed by atoms with Gasteiger partial charge >= 0.3 is 0 Å². The molecule has 1 heterocycles. The van der Waals surface area contributed by atoms with Crippen molar-refractivity contribution in [1.29, 1.82) is 0 Å². The Labute approximate surface area is 164 Å². The van der Waals surface area contributed by atoms with Gasteiger partial charge in [0.05, 0.1) is 0 Å². The molecule has 1 aliphatic rings. The van der Waals surface area contributed by atoms with E-state index in [1.807, 2.05) is 30.3 Å². The first-order chi connectivity index (χ1) is 13.5. The van der Waals surface area contributed by atoms with E-state index in [4.69, 9.17) is 4.74 Å². The highest BCUT2D eigenvalue weighted by Gasteiger charge is 2.27. The molecular formula is C22H24N2O4. The molecule has 1 N–H and O–H groups in total. The molecule has 1 saturated heterocycles. The van der Waals surface area contributed by atoms with Gasteiger partial charge in [-0.3, -0.25) is 14.4 Å². The van der Waals surface area contributed by atoms with Gasteiger partial charge in [-0.1, -0.05) is 30.3 Å². The third-order valence-corrected chi connectivity index (χ3v) is 4.86. The van der Waals surface area contributed by atoms with Gasteiger partial charge in [-0.25, -0.2) is 0 Å². The van der Waals surface area contributed by atoms with E-state index in [0.717, 1.165) is 0 Å². The number of carbonyl (C=O) groups excluding carboxylic acids is 3. The second kappa shape index (κ2) is 9.17. The number of anilines is 1. The number of hydrogen-bond acceptors (Lipinski definition) is 4. The van der Waals surface area contributed by atoms with Gasteiger partial charge in [0, 0.05) is 30.3 Å². The van der Waals surface area contributed by atoms with Crippen molar-refractivity contribution in [2.24, 2.45) is 5.92 Å². The van der Waals surface area contributed by atoms with Gasteiger partial charge < -0.3 is 15.0 Å². The molecule has 1 fully saturated rings. The molecule has 0 bridgehead atoms. The Balaban J connectivity index is 1.46. The minimum Gasteiger partial charge on any atom is -0.484 e. The minimum absolute atomic E-state index is 0.00127. The number of nitrogens with one attached hydrogen (secondary N) is 1. The van der Waals surface area contributed by atoms with Crippen LogP contribution in [0.15, 0.2) is 54.6 Å². The highest BCUT2D eigenvalue weighted by atomic mass is 16.5. The van der Waals surface area contributed by atoms with Crippen molar-refractivity contribution in [3.63, 3.8) is 0 Å². The summed E-state index contributed by atoms with van der Waals surface area (Å²) in [7, 11) is 0. The monoisotopic (exact) mass is 380 g/mol. The predicted octanol–water partition coefficient (Wildman–Crippen LogP) is 3.15. The van der Waals surface area contributed by atoms with Gasteiger partial charge in [0.2, 0.25) is 5.91 Å². The Hall–Kier alpha value is -3.15. The summed E-state index contributed by atoms with van der Waals surface area (Å²) < 4.78 is 5.51. The number of ketones is 1. The number of carbonyl (C=O) groups is 3. The van der Waals surface area contributed by atoms with Gasteiger partial charge in [-0.05, 0) is 44.0 Å². The van der Waals surface area contributed by atoms with Crippen molar-refractivity contribution < 1.29 is 19.1 Å². The lowest BCUT2D eigenvalue weighted by atomic mass is 9.95. The Morgan fingerprint density at radius 2 is 1.75 bits per heavy atom. The summed E-state index contributed by atoms with van der Waals surface area (Å²) in [6.07, 6.45) is 1.21. The number of amides is 2. The zero-order chi connectivity index (χ0) is 19.9. The summed E-state index contributed by atoms with van der Waals surface area (Å²) in [5, 5.41) is 2.88. The number of ether oxygens (including phenoxy) is 1. The van der Waals surface area contributed by atoms with E-state index in [9.17, 15) is 14.4 Å². The zero-order valence-corrected chi connectivity index (χ0v) is 15.9. The second-order valence-corrected chi connectivity index (χ2v) is 6.88. The van der Waals surface area contributed by atoms with Crippen LogP contribution in [0.5, 0.6) is 5.75 Å². The van der Waals surface area contributed by atoms with Crippen LogP contribution in [0.3, 0.4) is 0 Å². The predicted molar refractivity (Wildman–Crippen MR) is 106 cm³/mol. The van der Waals surface area contributed by atoms with Crippen LogP contribution in [0.2, 0.25) is 0 Å². The van der Waals surface area contributed by atoms with Crippen molar-refractivity contribution in [2.45, 2.75) is 19.8 Å². The van der Waals surface area contributed by atoms with Crippen LogP contribution in [-0.4, -0.2) is 42.2 Å². The molecule has 146 valence electrons. The maximum Gasteiger partial charge on any atom is 0.260 e. The van der Waals surface area contributed by atoms with Crippen molar-refractivity contribution in [2.75, 3.05) is 25.0 Å². The lowest BCUT2D eigenvalue weighted by molar-refractivity contribution is -0.136. The summed E-state index contributed by atoms with van der Waals surface area (Å²) in [5.74, 6) is 0.323. The molecule has 2 aromatic carbocycles. The third kappa shape index (κ3) is 5.19. The van der Waals surface area contributed by atoms with Crippen molar-refractivity contribution in [3.05, 3.63) is 60.2 Å². The number of para-hydroxylation sites is 1. The van der Waals surface area contributed by atoms with Crippen molar-refractivity contribution in [3.8, 4) is 5.75 Å². The number of rotatable bonds is 6. The van der Waals surface area contributed by atoms with Crippen LogP contribution >= 0.6 is 0 Å². The summed E-state index contributed by atoms with van der Waals surface area (Å²) in [5.41, 5.74) is 1.18. The van der Waals surface area contributed by atoms with E-state index in [0.29, 0.717) is 42.9 Å². The van der Waals surface area contributed by atoms with Gasteiger partial charge in [-0.15, -0.1) is 0 Å². The first-order valence-electron chi connectivity index (χ1n) is 9.40. The Bertz CT molecular complexity index is 843. The fourth-order valence-corrected chi connectivity index (χ4v) is 3.20. The van der Waals surface area contributed by atoms with Crippen LogP contribution in [0, 0.1) is 5.92 Å². The zero-order valence-electron chi connectivity index (χ0n) is 15.9. The highest BCUT2D eigenvalue weighted by molar-refractivity contribution is 5.97. The van der Waals surface area contributed by atoms with Gasteiger partial charge in [0.1, 0.15) is 5.75 Å². The molecule has 2 aromatic rings. The molecule has 0 saturated carbocycles. The molecule has 28 heavy (non-hydrogen) atoms. The van der Waals surface area contributed by atoms with Crippen LogP contribution in [0.4, 0.5) is 5.69 Å². The van der Waals surface area contributed by atoms with Gasteiger partial charge in [0.25, 0.3) is 5.91 Å². The third-order valence-electron chi connectivity index (χ3n) is 4.86. The van der Waals surface area contributed by atoms with E-state index in [1.165, 1.54) is 6.92 Å². The van der Waals surface area contributed by atoms with Crippen LogP contribution in [0.1, 0.15) is 30.1 Å². The quantitative estimate of drug-likeness (QED) is 0.781. The maximum absolute atomic E-state index is 12.5. The molecule has 0 aliphatic carbocycles. The van der Waals surface area contributed by atoms with Crippen LogP contribution < -0.4 is 10.1 Å². The number of benzene rings is 2. The lowest BCUT2D eigenvalue weighted by Crippen LogP contribution is -2.43. The molecule has 1 aliphatic heterocycles. The Kier molecular flexibility index (Phi) is 6.42. The molecule has 2 amide bonds. The lowest BCUT2D eigenvalue weighted by Gasteiger charge is -2.31. The second-order valence-electron chi connectivity index (χ2n) is 6.88. The van der Waals surface area contributed by atoms with Crippen molar-refractivity contribution >= 4 is 23.3 Å².